The van der Waals surface area contributed by atoms with Crippen LogP contribution < -0.4 is 169 Å². The van der Waals surface area contributed by atoms with Crippen LogP contribution in [-0.4, -0.2) is 69.7 Å². The summed E-state index contributed by atoms with van der Waals surface area (Å²) in [6.07, 6.45) is 0. The molecule has 0 fully saturated rings. The first-order chi connectivity index (χ1) is 30.7. The van der Waals surface area contributed by atoms with E-state index in [0.717, 1.165) is 42.5 Å². The number of fused-ring (bicyclic) bond motifs is 2. The Morgan fingerprint density at radius 3 is 1.19 bits per heavy atom. The summed E-state index contributed by atoms with van der Waals surface area (Å²) in [5.74, 6) is -1.81. The first kappa shape index (κ1) is 68.7. The van der Waals surface area contributed by atoms with Crippen LogP contribution in [0.1, 0.15) is 78.9 Å². The summed E-state index contributed by atoms with van der Waals surface area (Å²) in [6, 6.07) is 17.5. The number of nitrogens with one attached hydrogen (secondary N) is 4. The van der Waals surface area contributed by atoms with Crippen LogP contribution >= 0.6 is 0 Å². The third-order valence-electron chi connectivity index (χ3n) is 10.3. The summed E-state index contributed by atoms with van der Waals surface area (Å²) in [4.78, 5) is 38.1. The van der Waals surface area contributed by atoms with Crippen LogP contribution in [-0.2, 0) is 51.3 Å². The van der Waals surface area contributed by atoms with Crippen LogP contribution in [0.3, 0.4) is 0 Å². The predicted octanol–water partition coefficient (Wildman–Crippen LogP) is -8.52. The van der Waals surface area contributed by atoms with E-state index in [1.807, 2.05) is 41.5 Å². The number of rotatable bonds is 10. The molecule has 28 heteroatoms. The summed E-state index contributed by atoms with van der Waals surface area (Å²) >= 11 is 0. The Kier molecular flexibility index (Phi) is 24.3. The second kappa shape index (κ2) is 25.4. The summed E-state index contributed by atoms with van der Waals surface area (Å²) in [7, 11) is -21.0. The fourth-order valence-electron chi connectivity index (χ4n) is 7.43. The minimum Gasteiger partial charge on any atom is -0.754 e. The van der Waals surface area contributed by atoms with Gasteiger partial charge in [0.2, 0.25) is 0 Å². The molecule has 19 nitrogen and oxygen atoms in total. The second-order valence-electron chi connectivity index (χ2n) is 17.3. The Labute approximate surface area is 528 Å². The number of hydrogen-bond donors (Lipinski definition) is 4. The van der Waals surface area contributed by atoms with Crippen LogP contribution in [0.25, 0.3) is 21.5 Å². The molecule has 0 aliphatic heterocycles. The molecule has 0 heterocycles. The van der Waals surface area contributed by atoms with Crippen LogP contribution in [0.2, 0.25) is 0 Å². The molecule has 4 N–H and O–H groups in total. The standard InChI is InChI=1S/C44H43N4O15S4.5Na/c1-23-19-27-35(65(55,56)57)18-16-31(39(27)37(20-23)67(61,62)63)46-41(50)25-12-14-29(44(5,6)7)33(22-25)48-42(51)47-32-21-24(11-13-28(32)43(2,3)4)40(49)45-30-15-17-34(64(52,53)54)26-9-8-10-36(38(26)30)66(58,59)60;;;;;/h9-22H,1-7H3,(H,45,49)(H,46,50)(H2,47,48,51)(H,52,53,54)(H,55,56,57)(H,58,59,60)(H,61,62,63);;;;;/q-1;5*+1/p-4. The van der Waals surface area contributed by atoms with Crippen LogP contribution in [0.4, 0.5) is 27.5 Å². The maximum absolute atomic E-state index is 13.9. The number of amides is 4. The zero-order valence-corrected chi connectivity index (χ0v) is 54.6. The molecule has 72 heavy (non-hydrogen) atoms. The van der Waals surface area contributed by atoms with E-state index in [9.17, 15) is 66.3 Å². The van der Waals surface area contributed by atoms with Crippen LogP contribution in [0, 0.1) is 13.0 Å². The van der Waals surface area contributed by atoms with E-state index in [1.54, 1.807) is 6.07 Å². The number of anilines is 4. The first-order valence-corrected chi connectivity index (χ1v) is 25.2. The van der Waals surface area contributed by atoms with Gasteiger partial charge in [-0.15, -0.1) is 5.39 Å². The van der Waals surface area contributed by atoms with Crippen LogP contribution in [0.15, 0.2) is 105 Å². The van der Waals surface area contributed by atoms with Gasteiger partial charge < -0.3 is 39.5 Å². The maximum atomic E-state index is 13.9. The van der Waals surface area contributed by atoms with Gasteiger partial charge in [-0.05, 0) is 87.9 Å². The maximum Gasteiger partial charge on any atom is 1.00 e. The summed E-state index contributed by atoms with van der Waals surface area (Å²) in [6.45, 7) is 12.3. The van der Waals surface area contributed by atoms with Gasteiger partial charge in [-0.1, -0.05) is 71.2 Å². The van der Waals surface area contributed by atoms with E-state index in [-0.39, 0.29) is 187 Å². The quantitative estimate of drug-likeness (QED) is 0.0563. The molecule has 6 aromatic carbocycles. The number of carbonyl (C=O) groups excluding carboxylic acids is 3. The van der Waals surface area contributed by atoms with Crippen molar-refractivity contribution in [3.05, 3.63) is 119 Å². The molecule has 0 aromatic heterocycles. The van der Waals surface area contributed by atoms with Crippen molar-refractivity contribution in [3.63, 3.8) is 0 Å². The average molecular weight is 1110 g/mol. The minimum atomic E-state index is -5.30. The Morgan fingerprint density at radius 2 is 0.819 bits per heavy atom. The van der Waals surface area contributed by atoms with Crippen molar-refractivity contribution >= 4 is 103 Å². The van der Waals surface area contributed by atoms with Gasteiger partial charge >= 0.3 is 154 Å². The third-order valence-corrected chi connectivity index (χ3v) is 13.8. The molecule has 6 rings (SSSR count). The van der Waals surface area contributed by atoms with E-state index in [2.05, 4.69) is 27.3 Å². The molecule has 0 unspecified atom stereocenters. The number of aryl methyl sites for hydroxylation is 1. The second-order valence-corrected chi connectivity index (χ2v) is 22.7. The smallest absolute Gasteiger partial charge is 0.754 e. The van der Waals surface area contributed by atoms with E-state index >= 15 is 0 Å². The van der Waals surface area contributed by atoms with Gasteiger partial charge in [0.25, 0.3) is 11.8 Å². The number of benzene rings is 6. The van der Waals surface area contributed by atoms with E-state index < -0.39 is 110 Å². The SMILES string of the molecule is Cc1cc(S(=O)(=O)[O-])c2c(NC(=O)c3ccc(C(C)(C)C)c(NC(=O)Nc4cc(C(=O)Nc5ccc(S(=O)(=O)[O-])c6c[c-]cc(S(=O)(=O)[O-])c56)ccc4C(C)(C)C)c3)ccc(S(=O)(=O)[O-])c2c1.[Na+].[Na+].[Na+].[Na+].[Na+]. The third kappa shape index (κ3) is 15.9. The molecule has 354 valence electrons. The summed E-state index contributed by atoms with van der Waals surface area (Å²) < 4.78 is 146. The van der Waals surface area contributed by atoms with Gasteiger partial charge in [0, 0.05) is 43.9 Å². The van der Waals surface area contributed by atoms with Gasteiger partial charge in [-0.2, -0.15) is 18.2 Å². The molecule has 0 spiro atoms. The molecular weight excluding hydrogens is 1070 g/mol. The Morgan fingerprint density at radius 1 is 0.444 bits per heavy atom. The van der Waals surface area contributed by atoms with Crippen molar-refractivity contribution in [2.24, 2.45) is 0 Å². The largest absolute Gasteiger partial charge is 1.00 e. The molecule has 0 atom stereocenters. The van der Waals surface area contributed by atoms with Crippen molar-refractivity contribution in [1.82, 2.24) is 0 Å². The fourth-order valence-corrected chi connectivity index (χ4v) is 10.2. The zero-order valence-electron chi connectivity index (χ0n) is 41.3. The first-order valence-electron chi connectivity index (χ1n) is 19.5. The molecule has 0 aliphatic rings. The molecule has 0 bridgehead atoms. The van der Waals surface area contributed by atoms with Crippen molar-refractivity contribution in [2.75, 3.05) is 21.3 Å². The summed E-state index contributed by atoms with van der Waals surface area (Å²) in [5, 5.41) is 8.42. The molecule has 0 radical (unpaired) electrons. The number of hydrogen-bond acceptors (Lipinski definition) is 15. The van der Waals surface area contributed by atoms with Gasteiger partial charge in [0.15, 0.2) is 0 Å². The van der Waals surface area contributed by atoms with Crippen molar-refractivity contribution in [2.45, 2.75) is 78.9 Å². The molecule has 0 aliphatic carbocycles. The molecule has 0 saturated carbocycles. The molecule has 6 aromatic rings. The van der Waals surface area contributed by atoms with Gasteiger partial charge in [0.05, 0.1) is 25.6 Å². The number of carbonyl (C=O) groups is 3. The fraction of sp³-hybridized carbons (Fsp3) is 0.205. The van der Waals surface area contributed by atoms with Crippen molar-refractivity contribution in [1.29, 1.82) is 0 Å². The Hall–Kier alpha value is -1.31. The minimum absolute atomic E-state index is 0. The monoisotopic (exact) mass is 1110 g/mol. The molecule has 0 saturated heterocycles. The predicted molar refractivity (Wildman–Crippen MR) is 242 cm³/mol. The van der Waals surface area contributed by atoms with E-state index in [1.165, 1.54) is 43.3 Å². The summed E-state index contributed by atoms with van der Waals surface area (Å²) in [5.41, 5.74) is -0.817. The topological polar surface area (TPSA) is 328 Å². The van der Waals surface area contributed by atoms with Gasteiger partial charge in [-0.3, -0.25) is 18.0 Å². The number of urea groups is 1. The Bertz CT molecular complexity index is 3590. The average Bonchev–Trinajstić information content (AvgIpc) is 3.17. The molecule has 4 amide bonds. The van der Waals surface area contributed by atoms with Crippen molar-refractivity contribution in [3.8, 4) is 0 Å². The Balaban J connectivity index is 0.00000518. The van der Waals surface area contributed by atoms with Gasteiger partial charge in [0.1, 0.15) is 30.4 Å². The zero-order chi connectivity index (χ0) is 50.0. The van der Waals surface area contributed by atoms with E-state index in [4.69, 9.17) is 0 Å². The van der Waals surface area contributed by atoms with Gasteiger partial charge in [-0.25, -0.2) is 30.0 Å². The van der Waals surface area contributed by atoms with E-state index in [0.29, 0.717) is 11.1 Å². The normalized spacial score (nSPS) is 11.9. The molecular formula is C44H39N4Na5O15S4. The van der Waals surface area contributed by atoms with Crippen molar-refractivity contribution < 1.29 is 214 Å². The van der Waals surface area contributed by atoms with Crippen LogP contribution in [0.5, 0.6) is 0 Å².